The molecule has 0 aliphatic heterocycles. The lowest BCUT2D eigenvalue weighted by Crippen LogP contribution is -1.72. The van der Waals surface area contributed by atoms with Crippen molar-refractivity contribution in [3.05, 3.63) is 17.9 Å². The van der Waals surface area contributed by atoms with E-state index in [-0.39, 0.29) is 0 Å². The molecule has 0 aliphatic carbocycles. The smallest absolute Gasteiger partial charge is 0.101 e. The van der Waals surface area contributed by atoms with Crippen molar-refractivity contribution in [3.63, 3.8) is 0 Å². The molecule has 0 bridgehead atoms. The highest BCUT2D eigenvalue weighted by atomic mass is 32.1. The summed E-state index contributed by atoms with van der Waals surface area (Å²) in [5.41, 5.74) is 2.73. The summed E-state index contributed by atoms with van der Waals surface area (Å²) in [6.07, 6.45) is 3.47. The van der Waals surface area contributed by atoms with E-state index >= 15 is 0 Å². The van der Waals surface area contributed by atoms with Crippen molar-refractivity contribution in [2.45, 2.75) is 4.90 Å². The molecule has 10 heavy (non-hydrogen) atoms. The van der Waals surface area contributed by atoms with E-state index < -0.39 is 0 Å². The summed E-state index contributed by atoms with van der Waals surface area (Å²) in [5, 5.41) is 0. The first-order valence-corrected chi connectivity index (χ1v) is 4.07. The van der Waals surface area contributed by atoms with Gasteiger partial charge in [0, 0.05) is 11.1 Å². The Kier molecular flexibility index (Phi) is 1.35. The molecule has 2 nitrogen and oxygen atoms in total. The van der Waals surface area contributed by atoms with Crippen LogP contribution in [0.3, 0.4) is 0 Å². The minimum atomic E-state index is 0.903. The predicted octanol–water partition coefficient (Wildman–Crippen LogP) is 1.98. The highest BCUT2D eigenvalue weighted by molar-refractivity contribution is 7.80. The van der Waals surface area contributed by atoms with Gasteiger partial charge in [-0.1, -0.05) is 0 Å². The van der Waals surface area contributed by atoms with Gasteiger partial charge in [-0.25, -0.2) is 4.98 Å². The van der Waals surface area contributed by atoms with Gasteiger partial charge in [-0.3, -0.25) is 4.98 Å². The van der Waals surface area contributed by atoms with E-state index in [1.165, 1.54) is 0 Å². The molecule has 0 saturated carbocycles. The number of fused-ring (bicyclic) bond motifs is 1. The molecule has 0 amide bonds. The molecule has 2 aromatic rings. The number of rotatable bonds is 0. The fourth-order valence-electron chi connectivity index (χ4n) is 0.775. The largest absolute Gasteiger partial charge is 0.261 e. The molecule has 0 aromatic carbocycles. The molecule has 0 saturated heterocycles. The van der Waals surface area contributed by atoms with Gasteiger partial charge in [0.1, 0.15) is 5.52 Å². The lowest BCUT2D eigenvalue weighted by Gasteiger charge is -1.88. The van der Waals surface area contributed by atoms with Crippen molar-refractivity contribution in [2.75, 3.05) is 0 Å². The minimum absolute atomic E-state index is 0.903. The summed E-state index contributed by atoms with van der Waals surface area (Å²) in [5.74, 6) is 0. The van der Waals surface area contributed by atoms with Gasteiger partial charge >= 0.3 is 0 Å². The molecule has 2 aromatic heterocycles. The summed E-state index contributed by atoms with van der Waals surface area (Å²) in [6, 6.07) is 0. The average molecular weight is 168 g/mol. The van der Waals surface area contributed by atoms with Crippen LogP contribution in [0.2, 0.25) is 0 Å². The van der Waals surface area contributed by atoms with Gasteiger partial charge in [-0.2, -0.15) is 0 Å². The quantitative estimate of drug-likeness (QED) is 0.609. The van der Waals surface area contributed by atoms with Gasteiger partial charge < -0.3 is 0 Å². The number of aromatic nitrogens is 2. The zero-order valence-electron chi connectivity index (χ0n) is 4.98. The Morgan fingerprint density at radius 2 is 2.30 bits per heavy atom. The first-order valence-electron chi connectivity index (χ1n) is 2.74. The second-order valence-corrected chi connectivity index (χ2v) is 3.20. The van der Waals surface area contributed by atoms with Crippen LogP contribution in [0.4, 0.5) is 0 Å². The number of thiol groups is 1. The molecular formula is C6H4N2S2. The third-order valence-corrected chi connectivity index (χ3v) is 2.59. The van der Waals surface area contributed by atoms with Crippen molar-refractivity contribution in [3.8, 4) is 0 Å². The van der Waals surface area contributed by atoms with Crippen LogP contribution in [0, 0.1) is 0 Å². The fourth-order valence-corrected chi connectivity index (χ4v) is 1.79. The molecule has 2 rings (SSSR count). The molecular weight excluding hydrogens is 164 g/mol. The highest BCUT2D eigenvalue weighted by Crippen LogP contribution is 2.22. The van der Waals surface area contributed by atoms with E-state index in [4.69, 9.17) is 0 Å². The van der Waals surface area contributed by atoms with Crippen LogP contribution >= 0.6 is 24.0 Å². The molecule has 4 heteroatoms. The molecule has 0 atom stereocenters. The lowest BCUT2D eigenvalue weighted by atomic mass is 10.4. The van der Waals surface area contributed by atoms with Crippen LogP contribution in [0.25, 0.3) is 10.2 Å². The molecule has 0 radical (unpaired) electrons. The minimum Gasteiger partial charge on any atom is -0.261 e. The van der Waals surface area contributed by atoms with Crippen LogP contribution in [-0.2, 0) is 0 Å². The Morgan fingerprint density at radius 1 is 1.40 bits per heavy atom. The third kappa shape index (κ3) is 0.803. The van der Waals surface area contributed by atoms with E-state index in [2.05, 4.69) is 22.6 Å². The molecule has 0 fully saturated rings. The second kappa shape index (κ2) is 2.21. The predicted molar refractivity (Wildman–Crippen MR) is 44.7 cm³/mol. The van der Waals surface area contributed by atoms with E-state index in [1.807, 2.05) is 0 Å². The van der Waals surface area contributed by atoms with Crippen LogP contribution in [0.5, 0.6) is 0 Å². The zero-order chi connectivity index (χ0) is 6.97. The van der Waals surface area contributed by atoms with E-state index in [1.54, 1.807) is 29.2 Å². The standard InChI is InChI=1S/C6H4N2S2/c9-5-2-7-1-4-6(5)10-3-8-4/h1-3,9H. The van der Waals surface area contributed by atoms with Crippen molar-refractivity contribution in [2.24, 2.45) is 0 Å². The highest BCUT2D eigenvalue weighted by Gasteiger charge is 1.98. The van der Waals surface area contributed by atoms with Gasteiger partial charge in [0.2, 0.25) is 0 Å². The lowest BCUT2D eigenvalue weighted by molar-refractivity contribution is 1.28. The Labute approximate surface area is 67.3 Å². The van der Waals surface area contributed by atoms with Gasteiger partial charge in [0.15, 0.2) is 0 Å². The molecule has 0 spiro atoms. The Morgan fingerprint density at radius 3 is 3.10 bits per heavy atom. The van der Waals surface area contributed by atoms with Crippen molar-refractivity contribution in [1.29, 1.82) is 0 Å². The molecule has 0 unspecified atom stereocenters. The molecule has 0 aliphatic rings. The monoisotopic (exact) mass is 168 g/mol. The van der Waals surface area contributed by atoms with Gasteiger partial charge in [0.05, 0.1) is 16.4 Å². The number of hydrogen-bond donors (Lipinski definition) is 1. The van der Waals surface area contributed by atoms with Crippen LogP contribution in [0.15, 0.2) is 22.8 Å². The maximum absolute atomic E-state index is 4.22. The van der Waals surface area contributed by atoms with Gasteiger partial charge in [-0.05, 0) is 0 Å². The summed E-state index contributed by atoms with van der Waals surface area (Å²) in [6.45, 7) is 0. The number of pyridine rings is 1. The number of hydrogen-bond acceptors (Lipinski definition) is 4. The first kappa shape index (κ1) is 6.12. The van der Waals surface area contributed by atoms with E-state index in [0.29, 0.717) is 0 Å². The summed E-state index contributed by atoms with van der Waals surface area (Å²) >= 11 is 5.81. The van der Waals surface area contributed by atoms with Crippen molar-refractivity contribution < 1.29 is 0 Å². The number of nitrogens with zero attached hydrogens (tertiary/aromatic N) is 2. The third-order valence-electron chi connectivity index (χ3n) is 1.22. The molecule has 0 N–H and O–H groups in total. The van der Waals surface area contributed by atoms with Gasteiger partial charge in [0.25, 0.3) is 0 Å². The zero-order valence-corrected chi connectivity index (χ0v) is 6.69. The SMILES string of the molecule is Sc1cncc2ncsc12. The van der Waals surface area contributed by atoms with Crippen molar-refractivity contribution in [1.82, 2.24) is 9.97 Å². The second-order valence-electron chi connectivity index (χ2n) is 1.86. The van der Waals surface area contributed by atoms with Crippen LogP contribution in [0.1, 0.15) is 0 Å². The Balaban J connectivity index is 2.95. The maximum atomic E-state index is 4.22. The molecule has 2 heterocycles. The van der Waals surface area contributed by atoms with Crippen LogP contribution < -0.4 is 0 Å². The Hall–Kier alpha value is -0.610. The van der Waals surface area contributed by atoms with E-state index in [9.17, 15) is 0 Å². The summed E-state index contributed by atoms with van der Waals surface area (Å²) < 4.78 is 1.11. The molecule has 50 valence electrons. The number of thiazole rings is 1. The Bertz CT molecular complexity index is 355. The van der Waals surface area contributed by atoms with Crippen molar-refractivity contribution >= 4 is 34.2 Å². The maximum Gasteiger partial charge on any atom is 0.101 e. The summed E-state index contributed by atoms with van der Waals surface area (Å²) in [4.78, 5) is 8.94. The topological polar surface area (TPSA) is 25.8 Å². The van der Waals surface area contributed by atoms with Crippen LogP contribution in [-0.4, -0.2) is 9.97 Å². The first-order chi connectivity index (χ1) is 4.88. The van der Waals surface area contributed by atoms with Gasteiger partial charge in [-0.15, -0.1) is 24.0 Å². The van der Waals surface area contributed by atoms with E-state index in [0.717, 1.165) is 15.1 Å². The average Bonchev–Trinajstić information content (AvgIpc) is 2.36. The summed E-state index contributed by atoms with van der Waals surface area (Å²) in [7, 11) is 0. The normalized spacial score (nSPS) is 10.5. The fraction of sp³-hybridized carbons (Fsp3) is 0.